The van der Waals surface area contributed by atoms with Crippen molar-refractivity contribution in [2.24, 2.45) is 0 Å². The van der Waals surface area contributed by atoms with Gasteiger partial charge in [0.25, 0.3) is 0 Å². The Morgan fingerprint density at radius 1 is 1.09 bits per heavy atom. The molecule has 2 heterocycles. The topological polar surface area (TPSA) is 48.1 Å². The number of H-pyrrole nitrogens is 1. The molecule has 0 unspecified atom stereocenters. The van der Waals surface area contributed by atoms with Crippen molar-refractivity contribution in [3.05, 3.63) is 48.3 Å². The summed E-state index contributed by atoms with van der Waals surface area (Å²) in [7, 11) is 0. The summed E-state index contributed by atoms with van der Waals surface area (Å²) >= 11 is 0. The third-order valence-corrected chi connectivity index (χ3v) is 4.16. The van der Waals surface area contributed by atoms with Crippen LogP contribution in [-0.2, 0) is 11.2 Å². The molecule has 1 aromatic carbocycles. The van der Waals surface area contributed by atoms with Crippen LogP contribution in [0.5, 0.6) is 0 Å². The molecule has 2 aromatic rings. The third-order valence-electron chi connectivity index (χ3n) is 4.16. The van der Waals surface area contributed by atoms with Crippen LogP contribution in [-0.4, -0.2) is 24.0 Å². The summed E-state index contributed by atoms with van der Waals surface area (Å²) in [5, 5.41) is 2.96. The van der Waals surface area contributed by atoms with Crippen molar-refractivity contribution < 1.29 is 4.79 Å². The lowest BCUT2D eigenvalue weighted by Gasteiger charge is -2.28. The minimum Gasteiger partial charge on any atom is -0.372 e. The van der Waals surface area contributed by atoms with Gasteiger partial charge in [-0.3, -0.25) is 4.79 Å². The van der Waals surface area contributed by atoms with Crippen molar-refractivity contribution in [3.63, 3.8) is 0 Å². The minimum atomic E-state index is 0.0559. The fourth-order valence-corrected chi connectivity index (χ4v) is 2.90. The van der Waals surface area contributed by atoms with Gasteiger partial charge in [-0.1, -0.05) is 0 Å². The van der Waals surface area contributed by atoms with Gasteiger partial charge in [-0.15, -0.1) is 0 Å². The average molecular weight is 297 g/mol. The SMILES string of the molecule is O=C(CCc1ccc[nH]1)Nc1ccc(N2CCCCC2)cc1. The number of nitrogens with one attached hydrogen (secondary N) is 2. The van der Waals surface area contributed by atoms with Crippen LogP contribution in [0.25, 0.3) is 0 Å². The van der Waals surface area contributed by atoms with Gasteiger partial charge in [-0.25, -0.2) is 0 Å². The first kappa shape index (κ1) is 14.7. The van der Waals surface area contributed by atoms with E-state index in [2.05, 4.69) is 27.3 Å². The normalized spacial score (nSPS) is 14.8. The maximum atomic E-state index is 12.0. The summed E-state index contributed by atoms with van der Waals surface area (Å²) in [6, 6.07) is 12.2. The Hall–Kier alpha value is -2.23. The number of hydrogen-bond acceptors (Lipinski definition) is 2. The van der Waals surface area contributed by atoms with Crippen molar-refractivity contribution in [2.45, 2.75) is 32.1 Å². The number of piperidine rings is 1. The van der Waals surface area contributed by atoms with E-state index < -0.39 is 0 Å². The van der Waals surface area contributed by atoms with Gasteiger partial charge >= 0.3 is 0 Å². The van der Waals surface area contributed by atoms with E-state index in [0.29, 0.717) is 6.42 Å². The van der Waals surface area contributed by atoms with Crippen LogP contribution < -0.4 is 10.2 Å². The zero-order valence-corrected chi connectivity index (χ0v) is 12.8. The zero-order valence-electron chi connectivity index (χ0n) is 12.8. The first-order valence-corrected chi connectivity index (χ1v) is 8.08. The van der Waals surface area contributed by atoms with Crippen LogP contribution in [0.15, 0.2) is 42.6 Å². The lowest BCUT2D eigenvalue weighted by molar-refractivity contribution is -0.116. The van der Waals surface area contributed by atoms with Gasteiger partial charge in [0.1, 0.15) is 0 Å². The van der Waals surface area contributed by atoms with Gasteiger partial charge in [-0.05, 0) is 62.1 Å². The van der Waals surface area contributed by atoms with E-state index in [1.807, 2.05) is 30.5 Å². The maximum Gasteiger partial charge on any atom is 0.224 e. The molecule has 0 radical (unpaired) electrons. The summed E-state index contributed by atoms with van der Waals surface area (Å²) in [4.78, 5) is 17.5. The highest BCUT2D eigenvalue weighted by Gasteiger charge is 2.11. The smallest absolute Gasteiger partial charge is 0.224 e. The highest BCUT2D eigenvalue weighted by Crippen LogP contribution is 2.21. The van der Waals surface area contributed by atoms with Crippen molar-refractivity contribution in [2.75, 3.05) is 23.3 Å². The highest BCUT2D eigenvalue weighted by molar-refractivity contribution is 5.91. The molecule has 0 aliphatic carbocycles. The largest absolute Gasteiger partial charge is 0.372 e. The number of hydrogen-bond donors (Lipinski definition) is 2. The van der Waals surface area contributed by atoms with Crippen molar-refractivity contribution >= 4 is 17.3 Å². The van der Waals surface area contributed by atoms with Crippen LogP contribution in [0.3, 0.4) is 0 Å². The van der Waals surface area contributed by atoms with Gasteiger partial charge in [0.2, 0.25) is 5.91 Å². The van der Waals surface area contributed by atoms with E-state index in [9.17, 15) is 4.79 Å². The van der Waals surface area contributed by atoms with Gasteiger partial charge in [-0.2, -0.15) is 0 Å². The second-order valence-electron chi connectivity index (χ2n) is 5.84. The number of aromatic amines is 1. The van der Waals surface area contributed by atoms with Crippen LogP contribution in [0.4, 0.5) is 11.4 Å². The first-order chi connectivity index (χ1) is 10.8. The molecule has 4 nitrogen and oxygen atoms in total. The van der Waals surface area contributed by atoms with Crippen molar-refractivity contribution in [3.8, 4) is 0 Å². The molecule has 3 rings (SSSR count). The number of rotatable bonds is 5. The molecule has 22 heavy (non-hydrogen) atoms. The highest BCUT2D eigenvalue weighted by atomic mass is 16.1. The molecule has 1 aromatic heterocycles. The number of benzene rings is 1. The molecule has 1 fully saturated rings. The fraction of sp³-hybridized carbons (Fsp3) is 0.389. The number of amides is 1. The molecule has 1 saturated heterocycles. The summed E-state index contributed by atoms with van der Waals surface area (Å²) in [6.07, 6.45) is 7.01. The van der Waals surface area contributed by atoms with Gasteiger partial charge in [0.15, 0.2) is 0 Å². The second-order valence-corrected chi connectivity index (χ2v) is 5.84. The Morgan fingerprint density at radius 2 is 1.86 bits per heavy atom. The van der Waals surface area contributed by atoms with Crippen molar-refractivity contribution in [1.82, 2.24) is 4.98 Å². The molecule has 0 bridgehead atoms. The number of nitrogens with zero attached hydrogens (tertiary/aromatic N) is 1. The van der Waals surface area contributed by atoms with Crippen molar-refractivity contribution in [1.29, 1.82) is 0 Å². The second kappa shape index (κ2) is 7.16. The van der Waals surface area contributed by atoms with Crippen LogP contribution in [0.2, 0.25) is 0 Å². The number of anilines is 2. The van der Waals surface area contributed by atoms with Gasteiger partial charge < -0.3 is 15.2 Å². The summed E-state index contributed by atoms with van der Waals surface area (Å²) in [6.45, 7) is 2.28. The van der Waals surface area contributed by atoms with Crippen LogP contribution in [0.1, 0.15) is 31.4 Å². The third kappa shape index (κ3) is 3.91. The first-order valence-electron chi connectivity index (χ1n) is 8.08. The van der Waals surface area contributed by atoms with E-state index in [-0.39, 0.29) is 5.91 Å². The van der Waals surface area contributed by atoms with E-state index in [0.717, 1.165) is 30.9 Å². The fourth-order valence-electron chi connectivity index (χ4n) is 2.90. The van der Waals surface area contributed by atoms with Crippen LogP contribution >= 0.6 is 0 Å². The minimum absolute atomic E-state index is 0.0559. The monoisotopic (exact) mass is 297 g/mol. The Bertz CT molecular complexity index is 583. The standard InChI is InChI=1S/C18H23N3O/c22-18(11-8-15-5-4-12-19-15)20-16-6-9-17(10-7-16)21-13-2-1-3-14-21/h4-7,9-10,12,19H,1-3,8,11,13-14H2,(H,20,22). The lowest BCUT2D eigenvalue weighted by Crippen LogP contribution is -2.29. The van der Waals surface area contributed by atoms with Crippen LogP contribution in [0, 0.1) is 0 Å². The maximum absolute atomic E-state index is 12.0. The number of carbonyl (C=O) groups is 1. The number of aryl methyl sites for hydroxylation is 1. The van der Waals surface area contributed by atoms with E-state index in [4.69, 9.17) is 0 Å². The number of carbonyl (C=O) groups excluding carboxylic acids is 1. The van der Waals surface area contributed by atoms with Gasteiger partial charge in [0, 0.05) is 42.8 Å². The summed E-state index contributed by atoms with van der Waals surface area (Å²) in [5.74, 6) is 0.0559. The average Bonchev–Trinajstić information content (AvgIpc) is 3.08. The Balaban J connectivity index is 1.50. The molecule has 0 atom stereocenters. The predicted octanol–water partition coefficient (Wildman–Crippen LogP) is 3.58. The lowest BCUT2D eigenvalue weighted by atomic mass is 10.1. The predicted molar refractivity (Wildman–Crippen MR) is 90.2 cm³/mol. The quantitative estimate of drug-likeness (QED) is 0.886. The van der Waals surface area contributed by atoms with E-state index >= 15 is 0 Å². The molecule has 0 spiro atoms. The molecule has 0 saturated carbocycles. The molecule has 1 aliphatic rings. The summed E-state index contributed by atoms with van der Waals surface area (Å²) < 4.78 is 0. The molecule has 1 amide bonds. The summed E-state index contributed by atoms with van der Waals surface area (Å²) in [5.41, 5.74) is 3.22. The molecular formula is C18H23N3O. The Morgan fingerprint density at radius 3 is 2.55 bits per heavy atom. The molecule has 2 N–H and O–H groups in total. The zero-order chi connectivity index (χ0) is 15.2. The molecule has 116 valence electrons. The molecular weight excluding hydrogens is 274 g/mol. The Kier molecular flexibility index (Phi) is 4.78. The number of aromatic nitrogens is 1. The van der Waals surface area contributed by atoms with E-state index in [1.165, 1.54) is 24.9 Å². The molecule has 4 heteroatoms. The van der Waals surface area contributed by atoms with E-state index in [1.54, 1.807) is 0 Å². The Labute approximate surface area is 131 Å². The van der Waals surface area contributed by atoms with Gasteiger partial charge in [0.05, 0.1) is 0 Å². The molecule has 1 aliphatic heterocycles.